The molecular weight excluding hydrogens is 250 g/mol. The lowest BCUT2D eigenvalue weighted by atomic mass is 10.2. The Morgan fingerprint density at radius 2 is 2.16 bits per heavy atom. The van der Waals surface area contributed by atoms with Crippen LogP contribution in [0.4, 0.5) is 0 Å². The topological polar surface area (TPSA) is 93.3 Å². The molecule has 1 aromatic rings. The number of nitrogens with one attached hydrogen (secondary N) is 1. The maximum atomic E-state index is 11.7. The normalized spacial score (nSPS) is 12.2. The largest absolute Gasteiger partial charge is 0.391 e. The number of carbonyl (C=O) groups is 1. The van der Waals surface area contributed by atoms with Crippen LogP contribution in [0.25, 0.3) is 0 Å². The van der Waals surface area contributed by atoms with Crippen LogP contribution in [0.1, 0.15) is 19.8 Å². The number of hydrogen-bond acceptors (Lipinski definition) is 4. The molecule has 1 heterocycles. The quantitative estimate of drug-likeness (QED) is 0.680. The molecule has 7 heteroatoms. The van der Waals surface area contributed by atoms with E-state index in [1.165, 1.54) is 19.3 Å². The second-order valence-corrected chi connectivity index (χ2v) is 4.37. The summed E-state index contributed by atoms with van der Waals surface area (Å²) in [4.78, 5) is 34.4. The molecule has 106 valence electrons. The summed E-state index contributed by atoms with van der Waals surface area (Å²) in [7, 11) is 1.35. The second-order valence-electron chi connectivity index (χ2n) is 4.37. The van der Waals surface area contributed by atoms with Crippen LogP contribution in [0, 0.1) is 0 Å². The van der Waals surface area contributed by atoms with Gasteiger partial charge in [-0.1, -0.05) is 13.3 Å². The van der Waals surface area contributed by atoms with Crippen LogP contribution in [0.2, 0.25) is 0 Å². The predicted molar refractivity (Wildman–Crippen MR) is 69.9 cm³/mol. The SMILES string of the molecule is CCCC(O)CNC(=O)Cn1ccc(=O)n(C)c1=O. The van der Waals surface area contributed by atoms with Gasteiger partial charge in [0.25, 0.3) is 5.56 Å². The van der Waals surface area contributed by atoms with Crippen LogP contribution >= 0.6 is 0 Å². The van der Waals surface area contributed by atoms with Crippen molar-refractivity contribution in [3.8, 4) is 0 Å². The molecule has 0 spiro atoms. The molecule has 7 nitrogen and oxygen atoms in total. The van der Waals surface area contributed by atoms with Crippen molar-refractivity contribution in [1.29, 1.82) is 0 Å². The van der Waals surface area contributed by atoms with Crippen molar-refractivity contribution in [1.82, 2.24) is 14.5 Å². The molecule has 0 aromatic carbocycles. The first-order valence-electron chi connectivity index (χ1n) is 6.17. The third-order valence-electron chi connectivity index (χ3n) is 2.73. The van der Waals surface area contributed by atoms with E-state index in [0.717, 1.165) is 15.6 Å². The van der Waals surface area contributed by atoms with Crippen molar-refractivity contribution < 1.29 is 9.90 Å². The van der Waals surface area contributed by atoms with Gasteiger partial charge in [-0.25, -0.2) is 4.79 Å². The molecule has 0 aliphatic heterocycles. The summed E-state index contributed by atoms with van der Waals surface area (Å²) in [5.41, 5.74) is -0.961. The number of nitrogens with zero attached hydrogens (tertiary/aromatic N) is 2. The third-order valence-corrected chi connectivity index (χ3v) is 2.73. The molecule has 0 aliphatic rings. The van der Waals surface area contributed by atoms with Crippen LogP contribution in [0.3, 0.4) is 0 Å². The van der Waals surface area contributed by atoms with Crippen LogP contribution in [-0.2, 0) is 18.4 Å². The van der Waals surface area contributed by atoms with Crippen molar-refractivity contribution in [3.63, 3.8) is 0 Å². The minimum atomic E-state index is -0.578. The summed E-state index contributed by atoms with van der Waals surface area (Å²) in [6.07, 6.45) is 2.15. The molecule has 0 bridgehead atoms. The lowest BCUT2D eigenvalue weighted by Gasteiger charge is -2.11. The van der Waals surface area contributed by atoms with Gasteiger partial charge < -0.3 is 10.4 Å². The van der Waals surface area contributed by atoms with E-state index in [1.54, 1.807) is 0 Å². The molecule has 0 radical (unpaired) electrons. The van der Waals surface area contributed by atoms with E-state index < -0.39 is 17.4 Å². The Balaban J connectivity index is 2.61. The zero-order valence-corrected chi connectivity index (χ0v) is 11.1. The highest BCUT2D eigenvalue weighted by Crippen LogP contribution is 1.93. The van der Waals surface area contributed by atoms with Crippen LogP contribution in [0.5, 0.6) is 0 Å². The van der Waals surface area contributed by atoms with Gasteiger partial charge in [-0.05, 0) is 6.42 Å². The van der Waals surface area contributed by atoms with E-state index in [0.29, 0.717) is 6.42 Å². The van der Waals surface area contributed by atoms with E-state index in [9.17, 15) is 19.5 Å². The Morgan fingerprint density at radius 1 is 1.47 bits per heavy atom. The fourth-order valence-corrected chi connectivity index (χ4v) is 1.61. The average molecular weight is 269 g/mol. The van der Waals surface area contributed by atoms with Gasteiger partial charge in [-0.2, -0.15) is 0 Å². The number of aromatic nitrogens is 2. The van der Waals surface area contributed by atoms with Gasteiger partial charge in [0.15, 0.2) is 0 Å². The van der Waals surface area contributed by atoms with Gasteiger partial charge in [-0.3, -0.25) is 18.7 Å². The van der Waals surface area contributed by atoms with Gasteiger partial charge in [-0.15, -0.1) is 0 Å². The molecule has 1 aromatic heterocycles. The zero-order chi connectivity index (χ0) is 14.4. The van der Waals surface area contributed by atoms with Gasteiger partial charge in [0.2, 0.25) is 5.91 Å². The molecule has 1 atom stereocenters. The van der Waals surface area contributed by atoms with Crippen molar-refractivity contribution in [2.24, 2.45) is 7.05 Å². The summed E-state index contributed by atoms with van der Waals surface area (Å²) >= 11 is 0. The van der Waals surface area contributed by atoms with Crippen molar-refractivity contribution in [2.75, 3.05) is 6.54 Å². The van der Waals surface area contributed by atoms with Crippen LogP contribution < -0.4 is 16.6 Å². The Hall–Kier alpha value is -1.89. The van der Waals surface area contributed by atoms with Crippen molar-refractivity contribution in [3.05, 3.63) is 33.1 Å². The molecule has 19 heavy (non-hydrogen) atoms. The average Bonchev–Trinajstić information content (AvgIpc) is 2.37. The van der Waals surface area contributed by atoms with Gasteiger partial charge >= 0.3 is 5.69 Å². The zero-order valence-electron chi connectivity index (χ0n) is 11.1. The highest BCUT2D eigenvalue weighted by Gasteiger charge is 2.08. The summed E-state index contributed by atoms with van der Waals surface area (Å²) < 4.78 is 2.07. The summed E-state index contributed by atoms with van der Waals surface area (Å²) in [6.45, 7) is 1.92. The molecule has 1 unspecified atom stereocenters. The van der Waals surface area contributed by atoms with Gasteiger partial charge in [0, 0.05) is 25.9 Å². The number of aliphatic hydroxyl groups excluding tert-OH is 1. The maximum absolute atomic E-state index is 11.7. The highest BCUT2D eigenvalue weighted by atomic mass is 16.3. The smallest absolute Gasteiger partial charge is 0.331 e. The van der Waals surface area contributed by atoms with E-state index >= 15 is 0 Å². The number of aliphatic hydroxyl groups is 1. The number of amides is 1. The van der Waals surface area contributed by atoms with E-state index in [4.69, 9.17) is 0 Å². The monoisotopic (exact) mass is 269 g/mol. The van der Waals surface area contributed by atoms with E-state index in [1.807, 2.05) is 6.92 Å². The first-order chi connectivity index (χ1) is 8.95. The molecule has 0 saturated heterocycles. The van der Waals surface area contributed by atoms with Crippen LogP contribution in [0.15, 0.2) is 21.9 Å². The molecule has 0 fully saturated rings. The standard InChI is InChI=1S/C12H19N3O4/c1-3-4-9(16)7-13-10(17)8-15-6-5-11(18)14(2)12(15)19/h5-6,9,16H,3-4,7-8H2,1-2H3,(H,13,17). The minimum Gasteiger partial charge on any atom is -0.391 e. The molecular formula is C12H19N3O4. The van der Waals surface area contributed by atoms with Crippen LogP contribution in [-0.4, -0.2) is 32.8 Å². The molecule has 1 rings (SSSR count). The second kappa shape index (κ2) is 6.89. The Morgan fingerprint density at radius 3 is 2.79 bits per heavy atom. The Kier molecular flexibility index (Phi) is 5.50. The van der Waals surface area contributed by atoms with Gasteiger partial charge in [0.05, 0.1) is 6.10 Å². The molecule has 0 aliphatic carbocycles. The third kappa shape index (κ3) is 4.36. The minimum absolute atomic E-state index is 0.160. The van der Waals surface area contributed by atoms with E-state index in [2.05, 4.69) is 5.32 Å². The molecule has 2 N–H and O–H groups in total. The lowest BCUT2D eigenvalue weighted by Crippen LogP contribution is -2.41. The molecule has 1 amide bonds. The Labute approximate surface area is 110 Å². The first kappa shape index (κ1) is 15.2. The first-order valence-corrected chi connectivity index (χ1v) is 6.17. The van der Waals surface area contributed by atoms with Gasteiger partial charge in [0.1, 0.15) is 6.54 Å². The van der Waals surface area contributed by atoms with E-state index in [-0.39, 0.29) is 19.0 Å². The number of rotatable bonds is 6. The Bertz CT molecular complexity index is 547. The summed E-state index contributed by atoms with van der Waals surface area (Å²) in [5, 5.41) is 12.0. The van der Waals surface area contributed by atoms with Crippen molar-refractivity contribution in [2.45, 2.75) is 32.4 Å². The fraction of sp³-hybridized carbons (Fsp3) is 0.583. The molecule has 0 saturated carbocycles. The summed E-state index contributed by atoms with van der Waals surface area (Å²) in [6, 6.07) is 1.22. The number of hydrogen-bond donors (Lipinski definition) is 2. The summed E-state index contributed by atoms with van der Waals surface area (Å²) in [5.74, 6) is -0.379. The maximum Gasteiger partial charge on any atom is 0.331 e. The fourth-order valence-electron chi connectivity index (χ4n) is 1.61. The number of carbonyl (C=O) groups excluding carboxylic acids is 1. The predicted octanol–water partition coefficient (Wildman–Crippen LogP) is -1.18. The highest BCUT2D eigenvalue weighted by molar-refractivity contribution is 5.75. The van der Waals surface area contributed by atoms with Crippen molar-refractivity contribution >= 4 is 5.91 Å². The lowest BCUT2D eigenvalue weighted by molar-refractivity contribution is -0.122.